The molecule has 8 aromatic carbocycles. The van der Waals surface area contributed by atoms with Crippen molar-refractivity contribution in [3.63, 3.8) is 0 Å². The second kappa shape index (κ2) is 14.5. The molecule has 0 fully saturated rings. The van der Waals surface area contributed by atoms with Crippen molar-refractivity contribution in [3.8, 4) is 67.3 Å². The zero-order valence-corrected chi connectivity index (χ0v) is 33.6. The Bertz CT molecular complexity index is 3390. The number of para-hydroxylation sites is 1. The third-order valence-corrected chi connectivity index (χ3v) is 12.5. The number of aromatic nitrogens is 3. The van der Waals surface area contributed by atoms with Gasteiger partial charge in [0.2, 0.25) is 0 Å². The van der Waals surface area contributed by atoms with E-state index in [9.17, 15) is 0 Å². The van der Waals surface area contributed by atoms with Crippen molar-refractivity contribution >= 4 is 21.9 Å². The normalized spacial score (nSPS) is 12.6. The molecular formula is C58H37N3O. The molecule has 1 aliphatic carbocycles. The lowest BCUT2D eigenvalue weighted by molar-refractivity contribution is 0.669. The van der Waals surface area contributed by atoms with Gasteiger partial charge in [0.05, 0.1) is 16.8 Å². The standard InChI is InChI=1S/C58H37N3O/c1-3-11-45(12-4-1)58(46-13-5-2-6-14-46)51-17-9-7-15-47(51)48-29-27-44(36-52(48)58)54-37-53(60-57(61-54)42-25-21-38(22-26-42)40-31-33-59-34-32-40)41-23-19-39(20-24-41)43-28-30-56-50(35-43)49-16-8-10-18-55(49)62-56/h1-37H. The summed E-state index contributed by atoms with van der Waals surface area (Å²) in [4.78, 5) is 14.8. The van der Waals surface area contributed by atoms with Crippen LogP contribution in [0.2, 0.25) is 0 Å². The Labute approximate surface area is 359 Å². The van der Waals surface area contributed by atoms with Crippen LogP contribution in [0.4, 0.5) is 0 Å². The van der Waals surface area contributed by atoms with Crippen LogP contribution in [0.1, 0.15) is 22.3 Å². The summed E-state index contributed by atoms with van der Waals surface area (Å²) in [5.74, 6) is 0.668. The molecule has 0 unspecified atom stereocenters. The highest BCUT2D eigenvalue weighted by atomic mass is 16.3. The molecule has 3 heterocycles. The predicted octanol–water partition coefficient (Wildman–Crippen LogP) is 14.5. The lowest BCUT2D eigenvalue weighted by atomic mass is 9.67. The maximum Gasteiger partial charge on any atom is 0.160 e. The van der Waals surface area contributed by atoms with Crippen molar-refractivity contribution in [1.29, 1.82) is 0 Å². The third-order valence-electron chi connectivity index (χ3n) is 12.5. The van der Waals surface area contributed by atoms with Crippen LogP contribution < -0.4 is 0 Å². The molecule has 3 aromatic heterocycles. The van der Waals surface area contributed by atoms with E-state index in [1.807, 2.05) is 36.7 Å². The highest BCUT2D eigenvalue weighted by Crippen LogP contribution is 2.56. The van der Waals surface area contributed by atoms with Crippen LogP contribution in [0.5, 0.6) is 0 Å². The quantitative estimate of drug-likeness (QED) is 0.161. The molecule has 62 heavy (non-hydrogen) atoms. The van der Waals surface area contributed by atoms with Gasteiger partial charge in [-0.25, -0.2) is 9.97 Å². The largest absolute Gasteiger partial charge is 0.456 e. The van der Waals surface area contributed by atoms with Crippen LogP contribution in [0.15, 0.2) is 229 Å². The Morgan fingerprint density at radius 2 is 0.871 bits per heavy atom. The van der Waals surface area contributed by atoms with Gasteiger partial charge in [0.1, 0.15) is 11.2 Å². The van der Waals surface area contributed by atoms with Crippen molar-refractivity contribution in [2.45, 2.75) is 5.41 Å². The maximum absolute atomic E-state index is 6.12. The van der Waals surface area contributed by atoms with Crippen molar-refractivity contribution in [3.05, 3.63) is 247 Å². The monoisotopic (exact) mass is 791 g/mol. The summed E-state index contributed by atoms with van der Waals surface area (Å²) in [6.07, 6.45) is 3.65. The third kappa shape index (κ3) is 5.80. The highest BCUT2D eigenvalue weighted by Gasteiger charge is 2.46. The van der Waals surface area contributed by atoms with E-state index in [1.54, 1.807) is 0 Å². The number of rotatable bonds is 7. The van der Waals surface area contributed by atoms with Crippen LogP contribution in [0.3, 0.4) is 0 Å². The van der Waals surface area contributed by atoms with Gasteiger partial charge in [-0.3, -0.25) is 4.98 Å². The summed E-state index contributed by atoms with van der Waals surface area (Å²) < 4.78 is 6.12. The summed E-state index contributed by atoms with van der Waals surface area (Å²) in [5, 5.41) is 2.24. The number of furan rings is 1. The SMILES string of the molecule is c1ccc(C2(c3ccccc3)c3ccccc3-c3ccc(-c4cc(-c5ccc(-c6ccc7oc8ccccc8c7c6)cc5)nc(-c5ccc(-c6ccncc6)cc5)n4)cc32)cc1. The summed E-state index contributed by atoms with van der Waals surface area (Å²) in [6.45, 7) is 0. The number of hydrogen-bond donors (Lipinski definition) is 0. The molecular weight excluding hydrogens is 755 g/mol. The van der Waals surface area contributed by atoms with E-state index in [0.29, 0.717) is 5.82 Å². The first kappa shape index (κ1) is 35.7. The lowest BCUT2D eigenvalue weighted by Crippen LogP contribution is -2.28. The van der Waals surface area contributed by atoms with Crippen LogP contribution in [0.25, 0.3) is 89.2 Å². The van der Waals surface area contributed by atoms with E-state index in [1.165, 1.54) is 33.4 Å². The van der Waals surface area contributed by atoms with Crippen LogP contribution >= 0.6 is 0 Å². The van der Waals surface area contributed by atoms with Crippen molar-refractivity contribution in [2.75, 3.05) is 0 Å². The molecule has 4 nitrogen and oxygen atoms in total. The second-order valence-electron chi connectivity index (χ2n) is 15.9. The second-order valence-corrected chi connectivity index (χ2v) is 15.9. The van der Waals surface area contributed by atoms with E-state index >= 15 is 0 Å². The molecule has 0 bridgehead atoms. The summed E-state index contributed by atoms with van der Waals surface area (Å²) in [7, 11) is 0. The zero-order valence-electron chi connectivity index (χ0n) is 33.6. The minimum atomic E-state index is -0.520. The number of nitrogens with zero attached hydrogens (tertiary/aromatic N) is 3. The molecule has 0 saturated heterocycles. The molecule has 0 amide bonds. The predicted molar refractivity (Wildman–Crippen MR) is 252 cm³/mol. The van der Waals surface area contributed by atoms with Gasteiger partial charge < -0.3 is 4.42 Å². The molecule has 12 rings (SSSR count). The fraction of sp³-hybridized carbons (Fsp3) is 0.0172. The lowest BCUT2D eigenvalue weighted by Gasteiger charge is -2.34. The summed E-state index contributed by atoms with van der Waals surface area (Å²) in [6, 6.07) is 75.7. The Balaban J connectivity index is 1.01. The molecule has 1 aliphatic rings. The number of hydrogen-bond acceptors (Lipinski definition) is 4. The van der Waals surface area contributed by atoms with Gasteiger partial charge in [-0.15, -0.1) is 0 Å². The Morgan fingerprint density at radius 3 is 1.61 bits per heavy atom. The minimum Gasteiger partial charge on any atom is -0.456 e. The zero-order chi connectivity index (χ0) is 41.0. The van der Waals surface area contributed by atoms with Gasteiger partial charge in [-0.1, -0.05) is 170 Å². The summed E-state index contributed by atoms with van der Waals surface area (Å²) in [5.41, 5.74) is 17.9. The van der Waals surface area contributed by atoms with E-state index < -0.39 is 5.41 Å². The molecule has 0 N–H and O–H groups in total. The molecule has 0 spiro atoms. The average molecular weight is 792 g/mol. The first-order valence-corrected chi connectivity index (χ1v) is 21.0. The van der Waals surface area contributed by atoms with Gasteiger partial charge in [0.15, 0.2) is 5.82 Å². The van der Waals surface area contributed by atoms with Crippen LogP contribution in [-0.4, -0.2) is 15.0 Å². The van der Waals surface area contributed by atoms with Gasteiger partial charge in [0, 0.05) is 39.9 Å². The van der Waals surface area contributed by atoms with E-state index in [0.717, 1.165) is 72.3 Å². The fourth-order valence-corrected chi connectivity index (χ4v) is 9.57. The first-order chi connectivity index (χ1) is 30.7. The Kier molecular flexibility index (Phi) is 8.36. The maximum atomic E-state index is 6.12. The number of pyridine rings is 1. The van der Waals surface area contributed by atoms with Crippen molar-refractivity contribution in [2.24, 2.45) is 0 Å². The first-order valence-electron chi connectivity index (χ1n) is 21.0. The smallest absolute Gasteiger partial charge is 0.160 e. The number of benzene rings is 8. The van der Waals surface area contributed by atoms with Gasteiger partial charge in [0.25, 0.3) is 0 Å². The molecule has 0 atom stereocenters. The Morgan fingerprint density at radius 1 is 0.339 bits per heavy atom. The molecule has 4 heteroatoms. The van der Waals surface area contributed by atoms with Crippen molar-refractivity contribution in [1.82, 2.24) is 15.0 Å². The van der Waals surface area contributed by atoms with E-state index in [4.69, 9.17) is 14.4 Å². The minimum absolute atomic E-state index is 0.520. The number of fused-ring (bicyclic) bond motifs is 6. The molecule has 0 saturated carbocycles. The van der Waals surface area contributed by atoms with E-state index in [-0.39, 0.29) is 0 Å². The molecule has 0 aliphatic heterocycles. The van der Waals surface area contributed by atoms with E-state index in [2.05, 4.69) is 193 Å². The fourth-order valence-electron chi connectivity index (χ4n) is 9.57. The topological polar surface area (TPSA) is 51.8 Å². The molecule has 11 aromatic rings. The van der Waals surface area contributed by atoms with Gasteiger partial charge >= 0.3 is 0 Å². The van der Waals surface area contributed by atoms with Crippen molar-refractivity contribution < 1.29 is 4.42 Å². The van der Waals surface area contributed by atoms with Gasteiger partial charge in [-0.05, 0) is 98.1 Å². The summed E-state index contributed by atoms with van der Waals surface area (Å²) >= 11 is 0. The highest BCUT2D eigenvalue weighted by molar-refractivity contribution is 6.06. The van der Waals surface area contributed by atoms with Gasteiger partial charge in [-0.2, -0.15) is 0 Å². The van der Waals surface area contributed by atoms with Crippen LogP contribution in [0, 0.1) is 0 Å². The van der Waals surface area contributed by atoms with Crippen LogP contribution in [-0.2, 0) is 5.41 Å². The average Bonchev–Trinajstić information content (AvgIpc) is 3.88. The molecule has 290 valence electrons. The Hall–Kier alpha value is -8.21. The molecule has 0 radical (unpaired) electrons.